The van der Waals surface area contributed by atoms with Crippen LogP contribution < -0.4 is 5.73 Å². The number of aromatic nitrogens is 2. The first-order chi connectivity index (χ1) is 9.65. The fourth-order valence-electron chi connectivity index (χ4n) is 3.69. The maximum Gasteiger partial charge on any atom is 0.109 e. The molecule has 1 atom stereocenters. The summed E-state index contributed by atoms with van der Waals surface area (Å²) in [4.78, 5) is 7.26. The molecular weight excluding hydrogens is 248 g/mol. The summed E-state index contributed by atoms with van der Waals surface area (Å²) < 4.78 is 2.39. The van der Waals surface area contributed by atoms with Gasteiger partial charge in [0.05, 0.1) is 11.9 Å². The van der Waals surface area contributed by atoms with Crippen LogP contribution in [0.15, 0.2) is 6.20 Å². The average molecular weight is 276 g/mol. The molecule has 3 heterocycles. The highest BCUT2D eigenvalue weighted by molar-refractivity contribution is 5.12. The normalized spacial score (nSPS) is 25.1. The summed E-state index contributed by atoms with van der Waals surface area (Å²) in [6, 6.07) is 0.890. The second-order valence-electron chi connectivity index (χ2n) is 6.78. The summed E-state index contributed by atoms with van der Waals surface area (Å²) in [5.41, 5.74) is 7.43. The van der Waals surface area contributed by atoms with E-state index in [2.05, 4.69) is 28.3 Å². The average Bonchev–Trinajstić information content (AvgIpc) is 2.84. The number of likely N-dealkylation sites (tertiary alicyclic amines) is 1. The molecule has 0 amide bonds. The van der Waals surface area contributed by atoms with E-state index in [1.165, 1.54) is 43.9 Å². The highest BCUT2D eigenvalue weighted by atomic mass is 15.2. The van der Waals surface area contributed by atoms with E-state index in [9.17, 15) is 0 Å². The first-order valence-corrected chi connectivity index (χ1v) is 8.19. The van der Waals surface area contributed by atoms with Crippen LogP contribution >= 0.6 is 0 Å². The third-order valence-corrected chi connectivity index (χ3v) is 5.10. The molecule has 0 aromatic carbocycles. The number of hydrogen-bond acceptors (Lipinski definition) is 3. The lowest BCUT2D eigenvalue weighted by Gasteiger charge is -2.34. The van der Waals surface area contributed by atoms with Gasteiger partial charge in [0.1, 0.15) is 5.82 Å². The number of imidazole rings is 1. The molecule has 1 saturated heterocycles. The summed E-state index contributed by atoms with van der Waals surface area (Å²) in [5, 5.41) is 0. The van der Waals surface area contributed by atoms with Gasteiger partial charge in [-0.1, -0.05) is 0 Å². The third-order valence-electron chi connectivity index (χ3n) is 5.10. The van der Waals surface area contributed by atoms with Gasteiger partial charge in [0, 0.05) is 25.0 Å². The largest absolute Gasteiger partial charge is 0.331 e. The zero-order valence-corrected chi connectivity index (χ0v) is 12.9. The number of nitrogens with zero attached hydrogens (tertiary/aromatic N) is 3. The fraction of sp³-hybridized carbons (Fsp3) is 0.812. The van der Waals surface area contributed by atoms with Crippen molar-refractivity contribution in [2.24, 2.45) is 11.7 Å². The van der Waals surface area contributed by atoms with Crippen molar-refractivity contribution in [2.75, 3.05) is 13.1 Å². The van der Waals surface area contributed by atoms with E-state index in [4.69, 9.17) is 5.73 Å². The van der Waals surface area contributed by atoms with E-state index in [0.29, 0.717) is 6.04 Å². The fourth-order valence-corrected chi connectivity index (χ4v) is 3.69. The molecule has 0 radical (unpaired) electrons. The maximum absolute atomic E-state index is 6.18. The molecule has 0 aliphatic carbocycles. The van der Waals surface area contributed by atoms with Gasteiger partial charge >= 0.3 is 0 Å². The molecule has 112 valence electrons. The Morgan fingerprint density at radius 1 is 1.25 bits per heavy atom. The number of hydrogen-bond donors (Lipinski definition) is 1. The number of piperidine rings is 1. The predicted molar refractivity (Wildman–Crippen MR) is 81.5 cm³/mol. The summed E-state index contributed by atoms with van der Waals surface area (Å²) in [6.45, 7) is 8.20. The molecule has 1 aromatic heterocycles. The van der Waals surface area contributed by atoms with Crippen LogP contribution in [-0.4, -0.2) is 33.6 Å². The monoisotopic (exact) mass is 276 g/mol. The van der Waals surface area contributed by atoms with Crippen molar-refractivity contribution in [3.63, 3.8) is 0 Å². The van der Waals surface area contributed by atoms with Gasteiger partial charge in [0.2, 0.25) is 0 Å². The molecule has 2 aliphatic rings. The Morgan fingerprint density at radius 3 is 2.70 bits per heavy atom. The topological polar surface area (TPSA) is 47.1 Å². The molecule has 1 fully saturated rings. The minimum atomic E-state index is 0.202. The predicted octanol–water partition coefficient (Wildman–Crippen LogP) is 2.34. The Hall–Kier alpha value is -0.870. The van der Waals surface area contributed by atoms with Crippen molar-refractivity contribution in [2.45, 2.75) is 64.6 Å². The maximum atomic E-state index is 6.18. The highest BCUT2D eigenvalue weighted by Gasteiger charge is 2.25. The first kappa shape index (κ1) is 14.1. The zero-order chi connectivity index (χ0) is 14.1. The minimum absolute atomic E-state index is 0.202. The van der Waals surface area contributed by atoms with Gasteiger partial charge < -0.3 is 15.2 Å². The molecule has 2 N–H and O–H groups in total. The summed E-state index contributed by atoms with van der Waals surface area (Å²) in [6.07, 6.45) is 8.08. The Kier molecular flexibility index (Phi) is 4.13. The van der Waals surface area contributed by atoms with Crippen LogP contribution in [0.5, 0.6) is 0 Å². The number of fused-ring (bicyclic) bond motifs is 1. The van der Waals surface area contributed by atoms with Crippen molar-refractivity contribution >= 4 is 0 Å². The van der Waals surface area contributed by atoms with Gasteiger partial charge in [-0.3, -0.25) is 0 Å². The van der Waals surface area contributed by atoms with Crippen LogP contribution in [0, 0.1) is 5.92 Å². The number of nitrogens with two attached hydrogens (primary N) is 1. The Bertz CT molecular complexity index is 443. The van der Waals surface area contributed by atoms with Gasteiger partial charge in [0.15, 0.2) is 0 Å². The van der Waals surface area contributed by atoms with Gasteiger partial charge in [-0.15, -0.1) is 0 Å². The second-order valence-corrected chi connectivity index (χ2v) is 6.78. The lowest BCUT2D eigenvalue weighted by atomic mass is 9.92. The van der Waals surface area contributed by atoms with Gasteiger partial charge in [-0.05, 0) is 58.5 Å². The molecule has 20 heavy (non-hydrogen) atoms. The van der Waals surface area contributed by atoms with Crippen LogP contribution in [0.2, 0.25) is 0 Å². The Labute approximate surface area is 122 Å². The quantitative estimate of drug-likeness (QED) is 0.922. The van der Waals surface area contributed by atoms with Crippen molar-refractivity contribution in [1.29, 1.82) is 0 Å². The molecule has 1 aromatic rings. The lowest BCUT2D eigenvalue weighted by Crippen LogP contribution is -2.39. The molecule has 2 aliphatic heterocycles. The molecule has 0 saturated carbocycles. The van der Waals surface area contributed by atoms with Crippen LogP contribution in [0.3, 0.4) is 0 Å². The molecule has 4 heteroatoms. The molecule has 3 rings (SSSR count). The van der Waals surface area contributed by atoms with Gasteiger partial charge in [-0.2, -0.15) is 0 Å². The van der Waals surface area contributed by atoms with E-state index in [1.54, 1.807) is 0 Å². The Morgan fingerprint density at radius 2 is 2.00 bits per heavy atom. The van der Waals surface area contributed by atoms with Crippen molar-refractivity contribution in [3.8, 4) is 0 Å². The van der Waals surface area contributed by atoms with E-state index in [0.717, 1.165) is 25.3 Å². The second kappa shape index (κ2) is 5.86. The minimum Gasteiger partial charge on any atom is -0.331 e. The standard InChI is InChI=1S/C16H28N4/c1-12(2)19-8-5-13(6-9-19)10-16-18-11-15-14(17)4-3-7-20(15)16/h11-14H,3-10,17H2,1-2H3. The van der Waals surface area contributed by atoms with Crippen LogP contribution in [0.25, 0.3) is 0 Å². The lowest BCUT2D eigenvalue weighted by molar-refractivity contribution is 0.148. The van der Waals surface area contributed by atoms with Crippen LogP contribution in [0.4, 0.5) is 0 Å². The summed E-state index contributed by atoms with van der Waals surface area (Å²) >= 11 is 0. The van der Waals surface area contributed by atoms with E-state index in [-0.39, 0.29) is 6.04 Å². The zero-order valence-electron chi connectivity index (χ0n) is 12.9. The third kappa shape index (κ3) is 2.77. The van der Waals surface area contributed by atoms with Crippen molar-refractivity contribution in [3.05, 3.63) is 17.7 Å². The molecule has 0 spiro atoms. The SMILES string of the molecule is CC(C)N1CCC(Cc2ncc3n2CCCC3N)CC1. The molecule has 0 bridgehead atoms. The van der Waals surface area contributed by atoms with E-state index >= 15 is 0 Å². The molecule has 1 unspecified atom stereocenters. The number of rotatable bonds is 3. The molecule has 4 nitrogen and oxygen atoms in total. The van der Waals surface area contributed by atoms with E-state index in [1.807, 2.05) is 6.20 Å². The van der Waals surface area contributed by atoms with Crippen LogP contribution in [0.1, 0.15) is 57.1 Å². The Balaban J connectivity index is 1.62. The highest BCUT2D eigenvalue weighted by Crippen LogP contribution is 2.27. The van der Waals surface area contributed by atoms with Crippen molar-refractivity contribution < 1.29 is 0 Å². The smallest absolute Gasteiger partial charge is 0.109 e. The summed E-state index contributed by atoms with van der Waals surface area (Å²) in [5.74, 6) is 2.08. The van der Waals surface area contributed by atoms with Crippen molar-refractivity contribution in [1.82, 2.24) is 14.5 Å². The summed E-state index contributed by atoms with van der Waals surface area (Å²) in [7, 11) is 0. The van der Waals surface area contributed by atoms with Gasteiger partial charge in [-0.25, -0.2) is 4.98 Å². The van der Waals surface area contributed by atoms with Gasteiger partial charge in [0.25, 0.3) is 0 Å². The molecular formula is C16H28N4. The van der Waals surface area contributed by atoms with Crippen LogP contribution in [-0.2, 0) is 13.0 Å². The first-order valence-electron chi connectivity index (χ1n) is 8.19. The van der Waals surface area contributed by atoms with E-state index < -0.39 is 0 Å².